The van der Waals surface area contributed by atoms with Crippen molar-refractivity contribution >= 4 is 17.2 Å². The molecule has 1 atom stereocenters. The number of piperazine rings is 1. The molecule has 5 nitrogen and oxygen atoms in total. The Kier molecular flexibility index (Phi) is 5.94. The van der Waals surface area contributed by atoms with Crippen molar-refractivity contribution in [2.45, 2.75) is 25.8 Å². The van der Waals surface area contributed by atoms with Crippen molar-refractivity contribution in [2.24, 2.45) is 0 Å². The number of hydrogen-bond donors (Lipinski definition) is 1. The van der Waals surface area contributed by atoms with Crippen LogP contribution in [-0.2, 0) is 11.2 Å². The van der Waals surface area contributed by atoms with Gasteiger partial charge in [-0.1, -0.05) is 0 Å². The largest absolute Gasteiger partial charge is 0.355 e. The lowest BCUT2D eigenvalue weighted by Gasteiger charge is -2.35. The van der Waals surface area contributed by atoms with E-state index < -0.39 is 0 Å². The van der Waals surface area contributed by atoms with Gasteiger partial charge in [0.25, 0.3) is 0 Å². The second kappa shape index (κ2) is 7.71. The van der Waals surface area contributed by atoms with Gasteiger partial charge in [-0.15, -0.1) is 11.3 Å². The highest BCUT2D eigenvalue weighted by Gasteiger charge is 2.23. The van der Waals surface area contributed by atoms with E-state index in [1.54, 1.807) is 11.3 Å². The maximum atomic E-state index is 12.1. The number of aromatic nitrogens is 1. The summed E-state index contributed by atoms with van der Waals surface area (Å²) in [5.41, 5.74) is 0. The maximum Gasteiger partial charge on any atom is 0.237 e. The lowest BCUT2D eigenvalue weighted by Crippen LogP contribution is -2.53. The number of nitrogens with zero attached hydrogens (tertiary/aromatic N) is 3. The molecule has 1 aliphatic heterocycles. The van der Waals surface area contributed by atoms with E-state index >= 15 is 0 Å². The fourth-order valence-corrected chi connectivity index (χ4v) is 3.01. The summed E-state index contributed by atoms with van der Waals surface area (Å²) in [4.78, 5) is 20.9. The first-order chi connectivity index (χ1) is 9.66. The summed E-state index contributed by atoms with van der Waals surface area (Å²) in [6.07, 6.45) is 3.73. The number of aryl methyl sites for hydroxylation is 1. The summed E-state index contributed by atoms with van der Waals surface area (Å²) in [5.74, 6) is 0.147. The first kappa shape index (κ1) is 15.4. The Hall–Kier alpha value is -0.980. The van der Waals surface area contributed by atoms with E-state index in [-0.39, 0.29) is 11.9 Å². The van der Waals surface area contributed by atoms with Crippen molar-refractivity contribution in [2.75, 3.05) is 39.8 Å². The number of thiazole rings is 1. The normalized spacial score (nSPS) is 18.9. The molecular weight excluding hydrogens is 272 g/mol. The number of amides is 1. The summed E-state index contributed by atoms with van der Waals surface area (Å²) in [6, 6.07) is -0.0245. The molecule has 1 fully saturated rings. The van der Waals surface area contributed by atoms with Gasteiger partial charge in [-0.05, 0) is 20.4 Å². The highest BCUT2D eigenvalue weighted by Crippen LogP contribution is 2.07. The monoisotopic (exact) mass is 296 g/mol. The molecule has 1 aromatic rings. The molecule has 0 saturated carbocycles. The van der Waals surface area contributed by atoms with Crippen LogP contribution in [0, 0.1) is 0 Å². The molecule has 0 radical (unpaired) electrons. The van der Waals surface area contributed by atoms with Gasteiger partial charge in [0.05, 0.1) is 11.0 Å². The topological polar surface area (TPSA) is 48.5 Å². The molecule has 1 N–H and O–H groups in total. The van der Waals surface area contributed by atoms with Crippen molar-refractivity contribution < 1.29 is 4.79 Å². The lowest BCUT2D eigenvalue weighted by molar-refractivity contribution is -0.126. The zero-order valence-corrected chi connectivity index (χ0v) is 13.2. The van der Waals surface area contributed by atoms with Gasteiger partial charge in [-0.25, -0.2) is 4.98 Å². The number of hydrogen-bond acceptors (Lipinski definition) is 5. The predicted molar refractivity (Wildman–Crippen MR) is 82.0 cm³/mol. The van der Waals surface area contributed by atoms with E-state index in [4.69, 9.17) is 0 Å². The molecule has 0 bridgehead atoms. The predicted octanol–water partition coefficient (Wildman–Crippen LogP) is 0.828. The number of carbonyl (C=O) groups excluding carboxylic acids is 1. The average Bonchev–Trinajstić information content (AvgIpc) is 2.96. The van der Waals surface area contributed by atoms with Crippen LogP contribution in [0.5, 0.6) is 0 Å². The third-order valence-electron chi connectivity index (χ3n) is 3.82. The van der Waals surface area contributed by atoms with Gasteiger partial charge < -0.3 is 10.2 Å². The molecule has 6 heteroatoms. The number of likely N-dealkylation sites (N-methyl/N-ethyl adjacent to an activating group) is 1. The smallest absolute Gasteiger partial charge is 0.237 e. The van der Waals surface area contributed by atoms with Crippen LogP contribution in [0.2, 0.25) is 0 Å². The first-order valence-corrected chi connectivity index (χ1v) is 8.13. The number of carbonyl (C=O) groups is 1. The third kappa shape index (κ3) is 4.54. The van der Waals surface area contributed by atoms with Crippen molar-refractivity contribution in [3.8, 4) is 0 Å². The van der Waals surface area contributed by atoms with Gasteiger partial charge in [0.2, 0.25) is 5.91 Å². The summed E-state index contributed by atoms with van der Waals surface area (Å²) >= 11 is 1.67. The van der Waals surface area contributed by atoms with Crippen LogP contribution in [0.3, 0.4) is 0 Å². The Morgan fingerprint density at radius 3 is 2.85 bits per heavy atom. The van der Waals surface area contributed by atoms with Crippen LogP contribution in [0.4, 0.5) is 0 Å². The van der Waals surface area contributed by atoms with Crippen molar-refractivity contribution in [1.29, 1.82) is 0 Å². The summed E-state index contributed by atoms with van der Waals surface area (Å²) in [7, 11) is 2.13. The fourth-order valence-electron chi connectivity index (χ4n) is 2.35. The maximum absolute atomic E-state index is 12.1. The van der Waals surface area contributed by atoms with Crippen molar-refractivity contribution in [3.05, 3.63) is 16.6 Å². The lowest BCUT2D eigenvalue weighted by atomic mass is 10.2. The minimum absolute atomic E-state index is 0.0245. The Bertz CT molecular complexity index is 401. The average molecular weight is 296 g/mol. The van der Waals surface area contributed by atoms with Crippen molar-refractivity contribution in [1.82, 2.24) is 20.1 Å². The van der Waals surface area contributed by atoms with E-state index in [1.165, 1.54) is 0 Å². The number of rotatable bonds is 6. The zero-order chi connectivity index (χ0) is 14.4. The van der Waals surface area contributed by atoms with Gasteiger partial charge in [-0.3, -0.25) is 9.69 Å². The molecule has 2 heterocycles. The summed E-state index contributed by atoms with van der Waals surface area (Å²) < 4.78 is 0. The second-order valence-electron chi connectivity index (χ2n) is 5.34. The highest BCUT2D eigenvalue weighted by atomic mass is 32.1. The van der Waals surface area contributed by atoms with E-state index in [0.717, 1.165) is 50.6 Å². The zero-order valence-electron chi connectivity index (χ0n) is 12.3. The van der Waals surface area contributed by atoms with Gasteiger partial charge in [-0.2, -0.15) is 0 Å². The van der Waals surface area contributed by atoms with E-state index in [9.17, 15) is 4.79 Å². The van der Waals surface area contributed by atoms with Crippen LogP contribution in [0.25, 0.3) is 0 Å². The molecule has 1 saturated heterocycles. The van der Waals surface area contributed by atoms with Gasteiger partial charge in [0.15, 0.2) is 0 Å². The molecule has 0 aliphatic carbocycles. The summed E-state index contributed by atoms with van der Waals surface area (Å²) in [6.45, 7) is 6.77. The Morgan fingerprint density at radius 1 is 1.45 bits per heavy atom. The number of nitrogens with one attached hydrogen (secondary N) is 1. The fraction of sp³-hybridized carbons (Fsp3) is 0.714. The highest BCUT2D eigenvalue weighted by molar-refractivity contribution is 7.09. The van der Waals surface area contributed by atoms with E-state index in [0.29, 0.717) is 0 Å². The molecule has 0 aromatic carbocycles. The molecule has 1 amide bonds. The minimum Gasteiger partial charge on any atom is -0.355 e. The molecular formula is C14H24N4OS. The SMILES string of the molecule is C[C@H](C(=O)NCCCc1nccs1)N1CCN(C)CC1. The van der Waals surface area contributed by atoms with Crippen LogP contribution < -0.4 is 5.32 Å². The van der Waals surface area contributed by atoms with Crippen molar-refractivity contribution in [3.63, 3.8) is 0 Å². The van der Waals surface area contributed by atoms with Crippen LogP contribution in [-0.4, -0.2) is 66.5 Å². The van der Waals surface area contributed by atoms with E-state index in [1.807, 2.05) is 18.5 Å². The Labute approximate surface area is 125 Å². The standard InChI is InChI=1S/C14H24N4OS/c1-12(18-9-7-17(2)8-10-18)14(19)16-5-3-4-13-15-6-11-20-13/h6,11-12H,3-5,7-10H2,1-2H3,(H,16,19)/t12-/m1/s1. The Morgan fingerprint density at radius 2 is 2.20 bits per heavy atom. The molecule has 2 rings (SSSR count). The Balaban J connectivity index is 1.63. The van der Waals surface area contributed by atoms with Crippen LogP contribution in [0.15, 0.2) is 11.6 Å². The van der Waals surface area contributed by atoms with Gasteiger partial charge in [0.1, 0.15) is 0 Å². The minimum atomic E-state index is -0.0245. The van der Waals surface area contributed by atoms with E-state index in [2.05, 4.69) is 27.1 Å². The third-order valence-corrected chi connectivity index (χ3v) is 4.65. The summed E-state index contributed by atoms with van der Waals surface area (Å²) in [5, 5.41) is 6.17. The first-order valence-electron chi connectivity index (χ1n) is 7.25. The van der Waals surface area contributed by atoms with Crippen LogP contribution >= 0.6 is 11.3 Å². The molecule has 112 valence electrons. The molecule has 1 aliphatic rings. The molecule has 1 aromatic heterocycles. The molecule has 0 unspecified atom stereocenters. The second-order valence-corrected chi connectivity index (χ2v) is 6.31. The molecule has 0 spiro atoms. The quantitative estimate of drug-likeness (QED) is 0.790. The molecule has 20 heavy (non-hydrogen) atoms. The van der Waals surface area contributed by atoms with Gasteiger partial charge in [0, 0.05) is 50.7 Å². The van der Waals surface area contributed by atoms with Gasteiger partial charge >= 0.3 is 0 Å². The van der Waals surface area contributed by atoms with Crippen LogP contribution in [0.1, 0.15) is 18.4 Å².